The number of rotatable bonds is 6. The van der Waals surface area contributed by atoms with E-state index < -0.39 is 0 Å². The van der Waals surface area contributed by atoms with Gasteiger partial charge in [0.25, 0.3) is 0 Å². The van der Waals surface area contributed by atoms with E-state index in [1.54, 1.807) is 0 Å². The van der Waals surface area contributed by atoms with E-state index in [1.807, 2.05) is 24.4 Å². The molecule has 2 N–H and O–H groups in total. The number of amides is 1. The minimum Gasteiger partial charge on any atom is -0.364 e. The van der Waals surface area contributed by atoms with Gasteiger partial charge < -0.3 is 10.3 Å². The normalized spacial score (nSPS) is 19.3. The Morgan fingerprint density at radius 2 is 2.12 bits per heavy atom. The summed E-state index contributed by atoms with van der Waals surface area (Å²) in [5.74, 6) is 0.616. The third-order valence-electron chi connectivity index (χ3n) is 5.07. The lowest BCUT2D eigenvalue weighted by Crippen LogP contribution is -2.33. The number of carbonyl (C=O) groups excluding carboxylic acids is 1. The topological polar surface area (TPSA) is 48.1 Å². The molecule has 2 aromatic rings. The number of benzene rings is 1. The molecule has 4 heteroatoms. The minimum absolute atomic E-state index is 0.0600. The second-order valence-corrected chi connectivity index (χ2v) is 6.73. The highest BCUT2D eigenvalue weighted by molar-refractivity contribution is 5.92. The number of nitrogens with one attached hydrogen (secondary N) is 2. The summed E-state index contributed by atoms with van der Waals surface area (Å²) in [4.78, 5) is 17.9. The van der Waals surface area contributed by atoms with Crippen LogP contribution in [0.25, 0.3) is 0 Å². The van der Waals surface area contributed by atoms with Crippen molar-refractivity contribution in [1.29, 1.82) is 0 Å². The minimum atomic E-state index is 0.0600. The maximum Gasteiger partial charge on any atom is 0.238 e. The van der Waals surface area contributed by atoms with Crippen LogP contribution < -0.4 is 5.32 Å². The summed E-state index contributed by atoms with van der Waals surface area (Å²) in [5, 5.41) is 3.03. The Morgan fingerprint density at radius 3 is 2.79 bits per heavy atom. The lowest BCUT2D eigenvalue weighted by Gasteiger charge is -2.23. The van der Waals surface area contributed by atoms with Gasteiger partial charge in [-0.25, -0.2) is 0 Å². The van der Waals surface area contributed by atoms with Crippen molar-refractivity contribution in [2.24, 2.45) is 0 Å². The van der Waals surface area contributed by atoms with Crippen molar-refractivity contribution in [1.82, 2.24) is 9.88 Å². The maximum atomic E-state index is 12.4. The Balaban J connectivity index is 1.57. The third-order valence-corrected chi connectivity index (χ3v) is 5.07. The van der Waals surface area contributed by atoms with Crippen LogP contribution in [0.1, 0.15) is 56.3 Å². The van der Waals surface area contributed by atoms with Gasteiger partial charge in [0.2, 0.25) is 5.91 Å². The van der Waals surface area contributed by atoms with Crippen LogP contribution in [0.15, 0.2) is 42.6 Å². The van der Waals surface area contributed by atoms with Crippen molar-refractivity contribution >= 4 is 11.6 Å². The van der Waals surface area contributed by atoms with Crippen LogP contribution >= 0.6 is 0 Å². The molecule has 1 saturated heterocycles. The van der Waals surface area contributed by atoms with Crippen LogP contribution in [-0.2, 0) is 4.79 Å². The number of aromatic amines is 1. The second-order valence-electron chi connectivity index (χ2n) is 6.73. The standard InChI is InChI=1S/C20H27N3O/c1-3-15(2)16-8-10-17(11-9-16)22-20(24)14-23-13-5-7-19(23)18-6-4-12-21-18/h4,6,8-12,15,19,21H,3,5,7,13-14H2,1-2H3,(H,22,24). The van der Waals surface area contributed by atoms with Gasteiger partial charge >= 0.3 is 0 Å². The van der Waals surface area contributed by atoms with E-state index in [0.29, 0.717) is 18.5 Å². The molecule has 24 heavy (non-hydrogen) atoms. The van der Waals surface area contributed by atoms with Crippen molar-refractivity contribution in [3.8, 4) is 0 Å². The predicted octanol–water partition coefficient (Wildman–Crippen LogP) is 4.30. The largest absolute Gasteiger partial charge is 0.364 e. The van der Waals surface area contributed by atoms with Crippen LogP contribution in [0.3, 0.4) is 0 Å². The van der Waals surface area contributed by atoms with Crippen LogP contribution in [0.5, 0.6) is 0 Å². The van der Waals surface area contributed by atoms with E-state index in [4.69, 9.17) is 0 Å². The molecule has 1 fully saturated rings. The smallest absolute Gasteiger partial charge is 0.238 e. The number of hydrogen-bond acceptors (Lipinski definition) is 2. The van der Waals surface area contributed by atoms with E-state index in [0.717, 1.165) is 31.5 Å². The van der Waals surface area contributed by atoms with Gasteiger partial charge in [0.1, 0.15) is 0 Å². The SMILES string of the molecule is CCC(C)c1ccc(NC(=O)CN2CCCC2c2ccc[nH]2)cc1. The first-order chi connectivity index (χ1) is 11.7. The molecule has 1 aliphatic rings. The van der Waals surface area contributed by atoms with Crippen molar-refractivity contribution in [3.05, 3.63) is 53.9 Å². The number of anilines is 1. The first-order valence-corrected chi connectivity index (χ1v) is 8.94. The molecular formula is C20H27N3O. The Morgan fingerprint density at radius 1 is 1.33 bits per heavy atom. The summed E-state index contributed by atoms with van der Waals surface area (Å²) in [7, 11) is 0. The van der Waals surface area contributed by atoms with Gasteiger partial charge in [0.15, 0.2) is 0 Å². The Hall–Kier alpha value is -2.07. The highest BCUT2D eigenvalue weighted by Gasteiger charge is 2.28. The highest BCUT2D eigenvalue weighted by atomic mass is 16.2. The molecule has 128 valence electrons. The fourth-order valence-corrected chi connectivity index (χ4v) is 3.43. The van der Waals surface area contributed by atoms with Crippen molar-refractivity contribution in [3.63, 3.8) is 0 Å². The molecule has 4 nitrogen and oxygen atoms in total. The zero-order valence-corrected chi connectivity index (χ0v) is 14.6. The third kappa shape index (κ3) is 3.88. The summed E-state index contributed by atoms with van der Waals surface area (Å²) in [6.45, 7) is 5.83. The Labute approximate surface area is 144 Å². The predicted molar refractivity (Wildman–Crippen MR) is 98.1 cm³/mol. The number of hydrogen-bond donors (Lipinski definition) is 2. The highest BCUT2D eigenvalue weighted by Crippen LogP contribution is 2.30. The van der Waals surface area contributed by atoms with Gasteiger partial charge in [-0.2, -0.15) is 0 Å². The average Bonchev–Trinajstić information content (AvgIpc) is 3.26. The Kier molecular flexibility index (Phi) is 5.36. The molecule has 1 aliphatic heterocycles. The summed E-state index contributed by atoms with van der Waals surface area (Å²) >= 11 is 0. The molecule has 1 aromatic carbocycles. The van der Waals surface area contributed by atoms with Gasteiger partial charge in [-0.05, 0) is 61.6 Å². The summed E-state index contributed by atoms with van der Waals surface area (Å²) < 4.78 is 0. The number of carbonyl (C=O) groups is 1. The van der Waals surface area contributed by atoms with Crippen molar-refractivity contribution in [2.45, 2.75) is 45.1 Å². The van der Waals surface area contributed by atoms with Gasteiger partial charge in [-0.3, -0.25) is 9.69 Å². The average molecular weight is 325 g/mol. The monoisotopic (exact) mass is 325 g/mol. The quantitative estimate of drug-likeness (QED) is 0.831. The van der Waals surface area contributed by atoms with E-state index in [-0.39, 0.29) is 5.91 Å². The van der Waals surface area contributed by atoms with Crippen LogP contribution in [0.4, 0.5) is 5.69 Å². The number of aromatic nitrogens is 1. The zero-order chi connectivity index (χ0) is 16.9. The molecule has 1 amide bonds. The molecule has 3 rings (SSSR count). The maximum absolute atomic E-state index is 12.4. The molecular weight excluding hydrogens is 298 g/mol. The molecule has 2 unspecified atom stereocenters. The summed E-state index contributed by atoms with van der Waals surface area (Å²) in [5.41, 5.74) is 3.41. The van der Waals surface area contributed by atoms with Gasteiger partial charge in [0.05, 0.1) is 12.6 Å². The summed E-state index contributed by atoms with van der Waals surface area (Å²) in [6, 6.07) is 12.7. The van der Waals surface area contributed by atoms with E-state index in [2.05, 4.69) is 47.2 Å². The van der Waals surface area contributed by atoms with Crippen LogP contribution in [-0.4, -0.2) is 28.9 Å². The molecule has 1 aromatic heterocycles. The number of nitrogens with zero attached hydrogens (tertiary/aromatic N) is 1. The Bertz CT molecular complexity index is 648. The van der Waals surface area contributed by atoms with Gasteiger partial charge in [-0.1, -0.05) is 26.0 Å². The number of H-pyrrole nitrogens is 1. The van der Waals surface area contributed by atoms with Gasteiger partial charge in [-0.15, -0.1) is 0 Å². The molecule has 0 radical (unpaired) electrons. The fraction of sp³-hybridized carbons (Fsp3) is 0.450. The molecule has 0 bridgehead atoms. The molecule has 0 saturated carbocycles. The first-order valence-electron chi connectivity index (χ1n) is 8.94. The molecule has 0 aliphatic carbocycles. The first kappa shape index (κ1) is 16.8. The molecule has 0 spiro atoms. The van der Waals surface area contributed by atoms with Crippen LogP contribution in [0, 0.1) is 0 Å². The van der Waals surface area contributed by atoms with E-state index >= 15 is 0 Å². The van der Waals surface area contributed by atoms with Crippen molar-refractivity contribution < 1.29 is 4.79 Å². The van der Waals surface area contributed by atoms with E-state index in [9.17, 15) is 4.79 Å². The van der Waals surface area contributed by atoms with E-state index in [1.165, 1.54) is 11.3 Å². The molecule has 2 heterocycles. The van der Waals surface area contributed by atoms with Crippen molar-refractivity contribution in [2.75, 3.05) is 18.4 Å². The zero-order valence-electron chi connectivity index (χ0n) is 14.6. The van der Waals surface area contributed by atoms with Crippen LogP contribution in [0.2, 0.25) is 0 Å². The lowest BCUT2D eigenvalue weighted by atomic mass is 9.99. The fourth-order valence-electron chi connectivity index (χ4n) is 3.43. The van der Waals surface area contributed by atoms with Gasteiger partial charge in [0, 0.05) is 17.6 Å². The second kappa shape index (κ2) is 7.67. The number of likely N-dealkylation sites (tertiary alicyclic amines) is 1. The lowest BCUT2D eigenvalue weighted by molar-refractivity contribution is -0.117. The summed E-state index contributed by atoms with van der Waals surface area (Å²) in [6.07, 6.45) is 5.32. The molecule has 2 atom stereocenters.